The van der Waals surface area contributed by atoms with Gasteiger partial charge in [0.1, 0.15) is 9.92 Å². The van der Waals surface area contributed by atoms with Gasteiger partial charge >= 0.3 is 0 Å². The Kier molecular flexibility index (Phi) is 2.31. The zero-order valence-electron chi connectivity index (χ0n) is 6.30. The minimum atomic E-state index is -2.36. The summed E-state index contributed by atoms with van der Waals surface area (Å²) in [5.41, 5.74) is 0. The van der Waals surface area contributed by atoms with E-state index in [-0.39, 0.29) is 0 Å². The van der Waals surface area contributed by atoms with Crippen molar-refractivity contribution in [3.05, 3.63) is 0 Å². The Labute approximate surface area is 62.5 Å². The molecule has 4 heteroatoms. The van der Waals surface area contributed by atoms with E-state index in [1.54, 1.807) is 4.31 Å². The van der Waals surface area contributed by atoms with Crippen LogP contribution in [0.4, 0.5) is 0 Å². The van der Waals surface area contributed by atoms with Crippen molar-refractivity contribution in [1.82, 2.24) is 4.31 Å². The minimum Gasteiger partial charge on any atom is -0.240 e. The summed E-state index contributed by atoms with van der Waals surface area (Å²) in [6.07, 6.45) is 2.21. The number of hydrogen-bond acceptors (Lipinski definition) is 2. The van der Waals surface area contributed by atoms with E-state index in [0.29, 0.717) is 5.75 Å². The van der Waals surface area contributed by atoms with E-state index in [9.17, 15) is 4.21 Å². The molecule has 1 aliphatic rings. The lowest BCUT2D eigenvalue weighted by Gasteiger charge is -2.16. The first-order valence-electron chi connectivity index (χ1n) is 3.68. The maximum atomic E-state index is 11.3. The molecular weight excluding hydrogens is 148 g/mol. The summed E-state index contributed by atoms with van der Waals surface area (Å²) < 4.78 is 20.6. The average Bonchev–Trinajstić information content (AvgIpc) is 2.38. The summed E-state index contributed by atoms with van der Waals surface area (Å²) in [6.45, 7) is 3.53. The Balaban J connectivity index is 2.63. The molecule has 1 fully saturated rings. The molecule has 1 atom stereocenters. The van der Waals surface area contributed by atoms with E-state index >= 15 is 0 Å². The van der Waals surface area contributed by atoms with Gasteiger partial charge in [0, 0.05) is 18.8 Å². The Bertz CT molecular complexity index is 192. The van der Waals surface area contributed by atoms with Gasteiger partial charge in [-0.15, -0.1) is 0 Å². The van der Waals surface area contributed by atoms with E-state index in [1.807, 2.05) is 6.92 Å². The molecule has 10 heavy (non-hydrogen) atoms. The van der Waals surface area contributed by atoms with Gasteiger partial charge in [0.05, 0.1) is 0 Å². The number of nitrogens with zero attached hydrogens (tertiary/aromatic N) is 1. The largest absolute Gasteiger partial charge is 0.240 e. The summed E-state index contributed by atoms with van der Waals surface area (Å²) >= 11 is 0. The Morgan fingerprint density at radius 3 is 2.40 bits per heavy atom. The Morgan fingerprint density at radius 2 is 2.00 bits per heavy atom. The van der Waals surface area contributed by atoms with E-state index < -0.39 is 9.92 Å². The first-order chi connectivity index (χ1) is 4.67. The highest BCUT2D eigenvalue weighted by atomic mass is 32.2. The quantitative estimate of drug-likeness (QED) is 0.648. The monoisotopic (exact) mass is 162 g/mol. The van der Waals surface area contributed by atoms with Crippen molar-refractivity contribution in [1.29, 1.82) is 4.78 Å². The second kappa shape index (κ2) is 2.88. The Morgan fingerprint density at radius 1 is 1.50 bits per heavy atom. The van der Waals surface area contributed by atoms with Crippen molar-refractivity contribution < 1.29 is 4.21 Å². The van der Waals surface area contributed by atoms with Crippen LogP contribution in [0.15, 0.2) is 0 Å². The van der Waals surface area contributed by atoms with Crippen LogP contribution in [0, 0.1) is 4.78 Å². The molecule has 3 nitrogen and oxygen atoms in total. The van der Waals surface area contributed by atoms with Crippen LogP contribution >= 0.6 is 0 Å². The molecule has 0 amide bonds. The predicted molar refractivity (Wildman–Crippen MR) is 42.2 cm³/mol. The van der Waals surface area contributed by atoms with Gasteiger partial charge in [-0.1, -0.05) is 6.92 Å². The second-order valence-electron chi connectivity index (χ2n) is 2.57. The molecule has 0 aliphatic carbocycles. The summed E-state index contributed by atoms with van der Waals surface area (Å²) in [6, 6.07) is 0. The average molecular weight is 162 g/mol. The van der Waals surface area contributed by atoms with Gasteiger partial charge in [0.25, 0.3) is 0 Å². The van der Waals surface area contributed by atoms with Gasteiger partial charge in [-0.3, -0.25) is 0 Å². The number of hydrogen-bond donors (Lipinski definition) is 1. The van der Waals surface area contributed by atoms with Crippen LogP contribution in [0.3, 0.4) is 0 Å². The highest BCUT2D eigenvalue weighted by molar-refractivity contribution is 7.90. The molecule has 1 aliphatic heterocycles. The third-order valence-corrected chi connectivity index (χ3v) is 3.86. The van der Waals surface area contributed by atoms with Crippen molar-refractivity contribution in [2.24, 2.45) is 0 Å². The van der Waals surface area contributed by atoms with Crippen molar-refractivity contribution in [2.45, 2.75) is 19.8 Å². The molecule has 0 aromatic rings. The number of nitrogens with one attached hydrogen (secondary N) is 1. The summed E-state index contributed by atoms with van der Waals surface area (Å²) in [4.78, 5) is 0. The van der Waals surface area contributed by atoms with Crippen LogP contribution in [0.5, 0.6) is 0 Å². The fourth-order valence-electron chi connectivity index (χ4n) is 1.17. The van der Waals surface area contributed by atoms with E-state index in [1.165, 1.54) is 0 Å². The smallest absolute Gasteiger partial charge is 0.107 e. The normalized spacial score (nSPS) is 26.5. The lowest BCUT2D eigenvalue weighted by molar-refractivity contribution is 0.525. The molecule has 1 saturated heterocycles. The van der Waals surface area contributed by atoms with E-state index in [0.717, 1.165) is 25.9 Å². The molecular formula is C6H14N2OS. The topological polar surface area (TPSA) is 44.2 Å². The molecule has 1 rings (SSSR count). The third-order valence-electron chi connectivity index (χ3n) is 1.87. The van der Waals surface area contributed by atoms with Crippen LogP contribution in [0.1, 0.15) is 19.8 Å². The SMILES string of the molecule is CCS(=N)(=O)N1CCCC1. The molecule has 0 aromatic heterocycles. The molecule has 1 heterocycles. The molecule has 0 radical (unpaired) electrons. The zero-order valence-corrected chi connectivity index (χ0v) is 7.12. The van der Waals surface area contributed by atoms with Gasteiger partial charge in [0.2, 0.25) is 0 Å². The lowest BCUT2D eigenvalue weighted by atomic mass is 10.4. The predicted octanol–water partition coefficient (Wildman–Crippen LogP) is 1.06. The van der Waals surface area contributed by atoms with Crippen molar-refractivity contribution in [3.8, 4) is 0 Å². The summed E-state index contributed by atoms with van der Waals surface area (Å²) in [5, 5.41) is 0. The molecule has 0 saturated carbocycles. The zero-order chi connectivity index (χ0) is 7.61. The van der Waals surface area contributed by atoms with Crippen molar-refractivity contribution in [2.75, 3.05) is 18.8 Å². The summed E-state index contributed by atoms with van der Waals surface area (Å²) in [7, 11) is -2.36. The highest BCUT2D eigenvalue weighted by Crippen LogP contribution is 2.12. The fraction of sp³-hybridized carbons (Fsp3) is 1.00. The Hall–Kier alpha value is -0.0900. The molecule has 1 N–H and O–H groups in total. The maximum absolute atomic E-state index is 11.3. The van der Waals surface area contributed by atoms with Crippen molar-refractivity contribution in [3.63, 3.8) is 0 Å². The van der Waals surface area contributed by atoms with Crippen LogP contribution in [-0.4, -0.2) is 27.4 Å². The van der Waals surface area contributed by atoms with E-state index in [4.69, 9.17) is 4.78 Å². The van der Waals surface area contributed by atoms with Crippen LogP contribution < -0.4 is 0 Å². The first kappa shape index (κ1) is 8.01. The third kappa shape index (κ3) is 1.49. The lowest BCUT2D eigenvalue weighted by Crippen LogP contribution is -2.27. The van der Waals surface area contributed by atoms with Crippen LogP contribution in [0.2, 0.25) is 0 Å². The van der Waals surface area contributed by atoms with Crippen LogP contribution in [0.25, 0.3) is 0 Å². The number of rotatable bonds is 2. The minimum absolute atomic E-state index is 0.465. The van der Waals surface area contributed by atoms with Gasteiger partial charge in [-0.05, 0) is 12.8 Å². The van der Waals surface area contributed by atoms with Crippen LogP contribution in [-0.2, 0) is 9.92 Å². The van der Waals surface area contributed by atoms with Gasteiger partial charge in [-0.2, -0.15) is 0 Å². The molecule has 60 valence electrons. The highest BCUT2D eigenvalue weighted by Gasteiger charge is 2.19. The first-order valence-corrected chi connectivity index (χ1v) is 5.37. The molecule has 0 aromatic carbocycles. The molecule has 0 spiro atoms. The molecule has 1 unspecified atom stereocenters. The van der Waals surface area contributed by atoms with Gasteiger partial charge in [0.15, 0.2) is 0 Å². The van der Waals surface area contributed by atoms with E-state index in [2.05, 4.69) is 0 Å². The summed E-state index contributed by atoms with van der Waals surface area (Å²) in [5.74, 6) is 0.465. The molecule has 0 bridgehead atoms. The standard InChI is InChI=1S/C6H14N2OS/c1-2-10(7,9)8-5-3-4-6-8/h7H,2-6H2,1H3. The van der Waals surface area contributed by atoms with Gasteiger partial charge < -0.3 is 0 Å². The fourth-order valence-corrected chi connectivity index (χ4v) is 2.38. The second-order valence-corrected chi connectivity index (χ2v) is 4.94. The van der Waals surface area contributed by atoms with Crippen molar-refractivity contribution >= 4 is 9.92 Å². The maximum Gasteiger partial charge on any atom is 0.107 e. The van der Waals surface area contributed by atoms with Gasteiger partial charge in [-0.25, -0.2) is 13.3 Å².